The van der Waals surface area contributed by atoms with Crippen LogP contribution in [-0.2, 0) is 12.8 Å². The maximum absolute atomic E-state index is 9.22. The molecule has 0 aliphatic heterocycles. The predicted octanol–water partition coefficient (Wildman–Crippen LogP) is 3.93. The molecule has 0 aliphatic rings. The number of hydrogen-bond acceptors (Lipinski definition) is 4. The van der Waals surface area contributed by atoms with E-state index in [0.29, 0.717) is 0 Å². The molecule has 0 saturated heterocycles. The minimum atomic E-state index is -0.0664. The molecular weight excluding hydrogens is 260 g/mol. The summed E-state index contributed by atoms with van der Waals surface area (Å²) >= 11 is 3.20. The van der Waals surface area contributed by atoms with E-state index < -0.39 is 0 Å². The number of benzene rings is 1. The standard InChI is InChI=1S/C14H14N2S2/c1-2-12-10-17-14(16-12)18-13(9-15)8-11-6-4-3-5-7-11/h3-7,10,13H,2,8H2,1H3. The van der Waals surface area contributed by atoms with Crippen molar-refractivity contribution in [2.24, 2.45) is 0 Å². The van der Waals surface area contributed by atoms with Crippen LogP contribution >= 0.6 is 23.1 Å². The molecule has 1 aromatic carbocycles. The molecule has 18 heavy (non-hydrogen) atoms. The second-order valence-electron chi connectivity index (χ2n) is 3.88. The van der Waals surface area contributed by atoms with Crippen molar-refractivity contribution in [3.8, 4) is 6.07 Å². The quantitative estimate of drug-likeness (QED) is 0.775. The Kier molecular flexibility index (Phi) is 4.80. The third kappa shape index (κ3) is 3.59. The summed E-state index contributed by atoms with van der Waals surface area (Å²) in [6.45, 7) is 2.09. The van der Waals surface area contributed by atoms with Crippen molar-refractivity contribution >= 4 is 23.1 Å². The largest absolute Gasteiger partial charge is 0.235 e. The number of nitrogens with zero attached hydrogens (tertiary/aromatic N) is 2. The molecule has 0 fully saturated rings. The van der Waals surface area contributed by atoms with Gasteiger partial charge in [-0.25, -0.2) is 4.98 Å². The van der Waals surface area contributed by atoms with Gasteiger partial charge in [0.15, 0.2) is 4.34 Å². The van der Waals surface area contributed by atoms with E-state index in [1.165, 1.54) is 5.56 Å². The maximum Gasteiger partial charge on any atom is 0.151 e. The minimum absolute atomic E-state index is 0.0664. The van der Waals surface area contributed by atoms with Crippen molar-refractivity contribution < 1.29 is 0 Å². The van der Waals surface area contributed by atoms with E-state index in [4.69, 9.17) is 0 Å². The topological polar surface area (TPSA) is 36.7 Å². The average molecular weight is 274 g/mol. The summed E-state index contributed by atoms with van der Waals surface area (Å²) in [5, 5.41) is 11.2. The zero-order valence-electron chi connectivity index (χ0n) is 10.2. The molecule has 0 saturated carbocycles. The molecule has 4 heteroatoms. The van der Waals surface area contributed by atoms with Crippen molar-refractivity contribution in [2.45, 2.75) is 29.4 Å². The molecule has 1 aromatic heterocycles. The molecule has 0 bridgehead atoms. The van der Waals surface area contributed by atoms with Gasteiger partial charge in [0.1, 0.15) is 5.25 Å². The van der Waals surface area contributed by atoms with Crippen LogP contribution in [0.25, 0.3) is 0 Å². The van der Waals surface area contributed by atoms with Gasteiger partial charge in [-0.15, -0.1) is 11.3 Å². The van der Waals surface area contributed by atoms with E-state index in [1.54, 1.807) is 23.1 Å². The Morgan fingerprint density at radius 1 is 1.39 bits per heavy atom. The van der Waals surface area contributed by atoms with Gasteiger partial charge >= 0.3 is 0 Å². The zero-order valence-corrected chi connectivity index (χ0v) is 11.8. The molecule has 0 amide bonds. The lowest BCUT2D eigenvalue weighted by Crippen LogP contribution is -2.03. The van der Waals surface area contributed by atoms with Gasteiger partial charge in [-0.05, 0) is 18.4 Å². The van der Waals surface area contributed by atoms with Crippen LogP contribution < -0.4 is 0 Å². The van der Waals surface area contributed by atoms with Gasteiger partial charge in [0.05, 0.1) is 11.8 Å². The predicted molar refractivity (Wildman–Crippen MR) is 76.9 cm³/mol. The van der Waals surface area contributed by atoms with Crippen LogP contribution in [-0.4, -0.2) is 10.2 Å². The third-order valence-corrected chi connectivity index (χ3v) is 4.65. The summed E-state index contributed by atoms with van der Waals surface area (Å²) in [4.78, 5) is 4.49. The first-order valence-corrected chi connectivity index (χ1v) is 7.62. The highest BCUT2D eigenvalue weighted by molar-refractivity contribution is 8.01. The summed E-state index contributed by atoms with van der Waals surface area (Å²) in [5.41, 5.74) is 2.31. The number of aromatic nitrogens is 1. The smallest absolute Gasteiger partial charge is 0.151 e. The lowest BCUT2D eigenvalue weighted by molar-refractivity contribution is 1.00. The molecule has 0 radical (unpaired) electrons. The summed E-state index contributed by atoms with van der Waals surface area (Å²) in [7, 11) is 0. The number of rotatable bonds is 5. The van der Waals surface area contributed by atoms with Crippen LogP contribution in [0, 0.1) is 11.3 Å². The molecule has 1 unspecified atom stereocenters. The van der Waals surface area contributed by atoms with Crippen molar-refractivity contribution in [1.82, 2.24) is 4.98 Å². The van der Waals surface area contributed by atoms with Crippen LogP contribution in [0.4, 0.5) is 0 Å². The van der Waals surface area contributed by atoms with Crippen LogP contribution in [0.3, 0.4) is 0 Å². The second kappa shape index (κ2) is 6.58. The highest BCUT2D eigenvalue weighted by Crippen LogP contribution is 2.28. The normalized spacial score (nSPS) is 12.0. The Bertz CT molecular complexity index is 528. The van der Waals surface area contributed by atoms with E-state index in [0.717, 1.165) is 22.9 Å². The van der Waals surface area contributed by atoms with Crippen molar-refractivity contribution in [3.05, 3.63) is 47.0 Å². The molecule has 2 nitrogen and oxygen atoms in total. The first kappa shape index (κ1) is 13.1. The third-order valence-electron chi connectivity index (χ3n) is 2.54. The van der Waals surface area contributed by atoms with Crippen molar-refractivity contribution in [2.75, 3.05) is 0 Å². The highest BCUT2D eigenvalue weighted by atomic mass is 32.2. The fraction of sp³-hybridized carbons (Fsp3) is 0.286. The van der Waals surface area contributed by atoms with Crippen LogP contribution in [0.5, 0.6) is 0 Å². The van der Waals surface area contributed by atoms with Crippen LogP contribution in [0.15, 0.2) is 40.1 Å². The monoisotopic (exact) mass is 274 g/mol. The molecule has 92 valence electrons. The Labute approximate surface area is 116 Å². The van der Waals surface area contributed by atoms with Crippen LogP contribution in [0.1, 0.15) is 18.2 Å². The molecule has 2 aromatic rings. The lowest BCUT2D eigenvalue weighted by atomic mass is 10.1. The van der Waals surface area contributed by atoms with Gasteiger partial charge in [0.25, 0.3) is 0 Å². The van der Waals surface area contributed by atoms with E-state index in [-0.39, 0.29) is 5.25 Å². The van der Waals surface area contributed by atoms with E-state index >= 15 is 0 Å². The number of aryl methyl sites for hydroxylation is 1. The van der Waals surface area contributed by atoms with Gasteiger partial charge in [-0.1, -0.05) is 49.0 Å². The zero-order chi connectivity index (χ0) is 12.8. The minimum Gasteiger partial charge on any atom is -0.235 e. The molecule has 0 N–H and O–H groups in total. The summed E-state index contributed by atoms with van der Waals surface area (Å²) in [5.74, 6) is 0. The van der Waals surface area contributed by atoms with E-state index in [9.17, 15) is 5.26 Å². The maximum atomic E-state index is 9.22. The molecule has 1 heterocycles. The Hall–Kier alpha value is -1.31. The van der Waals surface area contributed by atoms with Crippen molar-refractivity contribution in [3.63, 3.8) is 0 Å². The summed E-state index contributed by atoms with van der Waals surface area (Å²) in [6.07, 6.45) is 1.72. The Balaban J connectivity index is 2.00. The summed E-state index contributed by atoms with van der Waals surface area (Å²) in [6, 6.07) is 12.5. The van der Waals surface area contributed by atoms with E-state index in [1.807, 2.05) is 18.2 Å². The van der Waals surface area contributed by atoms with Gasteiger partial charge in [0, 0.05) is 5.38 Å². The molecular formula is C14H14N2S2. The first-order chi connectivity index (χ1) is 8.81. The van der Waals surface area contributed by atoms with Crippen LogP contribution in [0.2, 0.25) is 0 Å². The lowest BCUT2D eigenvalue weighted by Gasteiger charge is -2.06. The highest BCUT2D eigenvalue weighted by Gasteiger charge is 2.12. The Morgan fingerprint density at radius 3 is 2.78 bits per heavy atom. The fourth-order valence-electron chi connectivity index (χ4n) is 1.57. The summed E-state index contributed by atoms with van der Waals surface area (Å²) < 4.78 is 0.995. The van der Waals surface area contributed by atoms with E-state index in [2.05, 4.69) is 35.5 Å². The average Bonchev–Trinajstić information content (AvgIpc) is 2.87. The SMILES string of the molecule is CCc1csc(SC(C#N)Cc2ccccc2)n1. The van der Waals surface area contributed by atoms with Crippen molar-refractivity contribution in [1.29, 1.82) is 5.26 Å². The molecule has 0 aliphatic carbocycles. The molecule has 1 atom stereocenters. The van der Waals surface area contributed by atoms with Gasteiger partial charge in [-0.3, -0.25) is 0 Å². The molecule has 2 rings (SSSR count). The van der Waals surface area contributed by atoms with Gasteiger partial charge < -0.3 is 0 Å². The van der Waals surface area contributed by atoms with Gasteiger partial charge in [0.2, 0.25) is 0 Å². The van der Waals surface area contributed by atoms with Gasteiger partial charge in [-0.2, -0.15) is 5.26 Å². The number of thioether (sulfide) groups is 1. The molecule has 0 spiro atoms. The number of nitriles is 1. The number of thiazole rings is 1. The second-order valence-corrected chi connectivity index (χ2v) is 6.19. The Morgan fingerprint density at radius 2 is 2.17 bits per heavy atom. The fourth-order valence-corrected chi connectivity index (χ4v) is 3.65. The first-order valence-electron chi connectivity index (χ1n) is 5.86. The number of hydrogen-bond donors (Lipinski definition) is 0.